The van der Waals surface area contributed by atoms with Gasteiger partial charge in [-0.05, 0) is 13.8 Å². The van der Waals surface area contributed by atoms with Crippen LogP contribution >= 0.6 is 0 Å². The summed E-state index contributed by atoms with van der Waals surface area (Å²) in [7, 11) is 0. The van der Waals surface area contributed by atoms with Crippen molar-refractivity contribution in [2.45, 2.75) is 13.8 Å². The Bertz CT molecular complexity index is 222. The van der Waals surface area contributed by atoms with E-state index in [1.807, 2.05) is 0 Å². The molecule has 0 fully saturated rings. The number of carbonyl (C=O) groups is 2. The summed E-state index contributed by atoms with van der Waals surface area (Å²) in [4.78, 5) is 21.7. The predicted molar refractivity (Wildman–Crippen MR) is 45.5 cm³/mol. The molecule has 0 aromatic carbocycles. The van der Waals surface area contributed by atoms with Gasteiger partial charge in [-0.25, -0.2) is 4.79 Å². The number of rotatable bonds is 5. The van der Waals surface area contributed by atoms with Gasteiger partial charge in [0.2, 0.25) is 0 Å². The Hall–Kier alpha value is -1.52. The van der Waals surface area contributed by atoms with Crippen LogP contribution in [-0.2, 0) is 19.1 Å². The second-order valence-electron chi connectivity index (χ2n) is 2.07. The minimum Gasteiger partial charge on any atom is -0.500 e. The number of hydrogen-bond acceptors (Lipinski definition) is 4. The molecule has 0 spiro atoms. The van der Waals surface area contributed by atoms with Crippen LogP contribution in [0.1, 0.15) is 13.8 Å². The van der Waals surface area contributed by atoms with Gasteiger partial charge >= 0.3 is 5.97 Å². The molecule has 0 aliphatic carbocycles. The van der Waals surface area contributed by atoms with Crippen LogP contribution in [0.5, 0.6) is 0 Å². The largest absolute Gasteiger partial charge is 0.500 e. The fourth-order valence-electron chi connectivity index (χ4n) is 0.582. The van der Waals surface area contributed by atoms with Crippen LogP contribution < -0.4 is 5.73 Å². The third kappa shape index (κ3) is 4.15. The van der Waals surface area contributed by atoms with E-state index in [0.717, 1.165) is 6.26 Å². The highest BCUT2D eigenvalue weighted by Gasteiger charge is 2.16. The Morgan fingerprint density at radius 1 is 1.31 bits per heavy atom. The molecule has 74 valence electrons. The van der Waals surface area contributed by atoms with Crippen LogP contribution in [0, 0.1) is 0 Å². The Labute approximate surface area is 76.5 Å². The quantitative estimate of drug-likeness (QED) is 0.215. The third-order valence-corrected chi connectivity index (χ3v) is 1.13. The van der Waals surface area contributed by atoms with Crippen LogP contribution in [0.3, 0.4) is 0 Å². The zero-order chi connectivity index (χ0) is 10.3. The molecule has 0 aromatic rings. The normalized spacial score (nSPS) is 10.8. The number of primary amides is 1. The lowest BCUT2D eigenvalue weighted by Gasteiger charge is -2.02. The summed E-state index contributed by atoms with van der Waals surface area (Å²) >= 11 is 0. The highest BCUT2D eigenvalue weighted by molar-refractivity contribution is 6.15. The molecule has 5 heteroatoms. The minimum absolute atomic E-state index is 0.190. The third-order valence-electron chi connectivity index (χ3n) is 1.13. The number of nitrogens with two attached hydrogens (primary N) is 1. The van der Waals surface area contributed by atoms with Gasteiger partial charge in [-0.1, -0.05) is 0 Å². The summed E-state index contributed by atoms with van der Waals surface area (Å²) < 4.78 is 9.34. The molecule has 0 unspecified atom stereocenters. The van der Waals surface area contributed by atoms with Crippen molar-refractivity contribution < 1.29 is 19.1 Å². The van der Waals surface area contributed by atoms with Crippen molar-refractivity contribution in [1.29, 1.82) is 0 Å². The van der Waals surface area contributed by atoms with Gasteiger partial charge in [0.1, 0.15) is 6.26 Å². The summed E-state index contributed by atoms with van der Waals surface area (Å²) in [6.07, 6.45) is 1.01. The van der Waals surface area contributed by atoms with Gasteiger partial charge in [-0.15, -0.1) is 0 Å². The van der Waals surface area contributed by atoms with Crippen molar-refractivity contribution in [2.24, 2.45) is 5.73 Å². The lowest BCUT2D eigenvalue weighted by atomic mass is 10.3. The number of hydrogen-bond donors (Lipinski definition) is 1. The van der Waals surface area contributed by atoms with Gasteiger partial charge in [0.05, 0.1) is 13.2 Å². The SMILES string of the molecule is CCO/C=C(/C(N)=O)C(=O)OCC. The molecule has 0 radical (unpaired) electrons. The number of amides is 1. The summed E-state index contributed by atoms with van der Waals surface area (Å²) in [5, 5.41) is 0. The molecule has 0 aliphatic rings. The molecule has 13 heavy (non-hydrogen) atoms. The Morgan fingerprint density at radius 3 is 2.31 bits per heavy atom. The molecule has 0 saturated heterocycles. The molecular weight excluding hydrogens is 174 g/mol. The van der Waals surface area contributed by atoms with E-state index < -0.39 is 11.9 Å². The molecule has 0 bridgehead atoms. The van der Waals surface area contributed by atoms with Gasteiger partial charge in [-0.3, -0.25) is 4.79 Å². The van der Waals surface area contributed by atoms with E-state index in [0.29, 0.717) is 6.61 Å². The molecular formula is C8H13NO4. The van der Waals surface area contributed by atoms with Gasteiger partial charge in [0, 0.05) is 0 Å². The first-order valence-corrected chi connectivity index (χ1v) is 3.92. The maximum absolute atomic E-state index is 11.0. The summed E-state index contributed by atoms with van der Waals surface area (Å²) in [6, 6.07) is 0. The highest BCUT2D eigenvalue weighted by atomic mass is 16.5. The molecule has 1 amide bonds. The minimum atomic E-state index is -0.855. The van der Waals surface area contributed by atoms with E-state index >= 15 is 0 Å². The predicted octanol–water partition coefficient (Wildman–Crippen LogP) is -0.0448. The maximum Gasteiger partial charge on any atom is 0.346 e. The van der Waals surface area contributed by atoms with Gasteiger partial charge in [0.15, 0.2) is 5.57 Å². The second-order valence-corrected chi connectivity index (χ2v) is 2.07. The summed E-state index contributed by atoms with van der Waals surface area (Å²) in [6.45, 7) is 3.91. The lowest BCUT2D eigenvalue weighted by Crippen LogP contribution is -2.22. The molecule has 5 nitrogen and oxygen atoms in total. The fraction of sp³-hybridized carbons (Fsp3) is 0.500. The van der Waals surface area contributed by atoms with Crippen molar-refractivity contribution in [1.82, 2.24) is 0 Å². The van der Waals surface area contributed by atoms with E-state index in [-0.39, 0.29) is 12.2 Å². The van der Waals surface area contributed by atoms with Crippen molar-refractivity contribution in [3.63, 3.8) is 0 Å². The van der Waals surface area contributed by atoms with Crippen LogP contribution in [0.2, 0.25) is 0 Å². The first-order valence-electron chi connectivity index (χ1n) is 3.92. The standard InChI is InChI=1S/C8H13NO4/c1-3-12-5-6(7(9)10)8(11)13-4-2/h5H,3-4H2,1-2H3,(H2,9,10)/b6-5-. The molecule has 0 rings (SSSR count). The van der Waals surface area contributed by atoms with E-state index in [4.69, 9.17) is 10.5 Å². The van der Waals surface area contributed by atoms with Crippen molar-refractivity contribution in [3.8, 4) is 0 Å². The molecule has 0 heterocycles. The number of ether oxygens (including phenoxy) is 2. The molecule has 0 aliphatic heterocycles. The van der Waals surface area contributed by atoms with E-state index in [1.54, 1.807) is 13.8 Å². The lowest BCUT2D eigenvalue weighted by molar-refractivity contribution is -0.140. The first-order chi connectivity index (χ1) is 6.13. The Balaban J connectivity index is 4.41. The monoisotopic (exact) mass is 187 g/mol. The van der Waals surface area contributed by atoms with Crippen molar-refractivity contribution in [3.05, 3.63) is 11.8 Å². The van der Waals surface area contributed by atoms with E-state index in [2.05, 4.69) is 4.74 Å². The van der Waals surface area contributed by atoms with Crippen LogP contribution in [0.15, 0.2) is 11.8 Å². The maximum atomic E-state index is 11.0. The van der Waals surface area contributed by atoms with E-state index in [9.17, 15) is 9.59 Å². The van der Waals surface area contributed by atoms with Crippen LogP contribution in [0.25, 0.3) is 0 Å². The Morgan fingerprint density at radius 2 is 1.92 bits per heavy atom. The van der Waals surface area contributed by atoms with Gasteiger partial charge < -0.3 is 15.2 Å². The number of carbonyl (C=O) groups excluding carboxylic acids is 2. The molecule has 0 saturated carbocycles. The second kappa shape index (κ2) is 6.05. The van der Waals surface area contributed by atoms with Crippen LogP contribution in [0.4, 0.5) is 0 Å². The zero-order valence-corrected chi connectivity index (χ0v) is 7.70. The highest BCUT2D eigenvalue weighted by Crippen LogP contribution is 1.97. The zero-order valence-electron chi connectivity index (χ0n) is 7.70. The molecule has 0 aromatic heterocycles. The summed E-state index contributed by atoms with van der Waals surface area (Å²) in [5.74, 6) is -1.62. The number of esters is 1. The smallest absolute Gasteiger partial charge is 0.346 e. The molecule has 0 atom stereocenters. The topological polar surface area (TPSA) is 78.6 Å². The summed E-state index contributed by atoms with van der Waals surface area (Å²) in [5.41, 5.74) is 4.65. The van der Waals surface area contributed by atoms with Crippen molar-refractivity contribution >= 4 is 11.9 Å². The molecule has 2 N–H and O–H groups in total. The van der Waals surface area contributed by atoms with Crippen molar-refractivity contribution in [2.75, 3.05) is 13.2 Å². The average Bonchev–Trinajstić information content (AvgIpc) is 2.05. The van der Waals surface area contributed by atoms with Gasteiger partial charge in [0.25, 0.3) is 5.91 Å². The average molecular weight is 187 g/mol. The van der Waals surface area contributed by atoms with Crippen LogP contribution in [-0.4, -0.2) is 25.1 Å². The fourth-order valence-corrected chi connectivity index (χ4v) is 0.582. The van der Waals surface area contributed by atoms with Gasteiger partial charge in [-0.2, -0.15) is 0 Å². The van der Waals surface area contributed by atoms with E-state index in [1.165, 1.54) is 0 Å². The Kier molecular flexibility index (Phi) is 5.34. The first kappa shape index (κ1) is 11.5.